The SMILES string of the molecule is CCCCCCCCCCCCCCCCCOC(=O)c1cccc(C(=O)OCCC(C)C)n1. The number of carbonyl (C=O) groups is 2. The molecule has 0 bridgehead atoms. The molecule has 194 valence electrons. The maximum atomic E-state index is 12.2. The Morgan fingerprint density at radius 1 is 0.676 bits per heavy atom. The summed E-state index contributed by atoms with van der Waals surface area (Å²) in [5.41, 5.74) is 0.296. The monoisotopic (exact) mass is 475 g/mol. The van der Waals surface area contributed by atoms with Gasteiger partial charge in [0.2, 0.25) is 0 Å². The number of hydrogen-bond donors (Lipinski definition) is 0. The van der Waals surface area contributed by atoms with E-state index in [1.165, 1.54) is 83.5 Å². The van der Waals surface area contributed by atoms with E-state index < -0.39 is 11.9 Å². The zero-order valence-electron chi connectivity index (χ0n) is 22.1. The van der Waals surface area contributed by atoms with Gasteiger partial charge >= 0.3 is 11.9 Å². The second-order valence-electron chi connectivity index (χ2n) is 9.81. The van der Waals surface area contributed by atoms with Crippen LogP contribution < -0.4 is 0 Å². The first-order chi connectivity index (χ1) is 16.5. The maximum absolute atomic E-state index is 12.2. The number of esters is 2. The molecule has 0 saturated carbocycles. The summed E-state index contributed by atoms with van der Waals surface area (Å²) >= 11 is 0. The van der Waals surface area contributed by atoms with Crippen LogP contribution in [0, 0.1) is 5.92 Å². The number of unbranched alkanes of at least 4 members (excludes halogenated alkanes) is 14. The van der Waals surface area contributed by atoms with Crippen LogP contribution in [0.4, 0.5) is 0 Å². The first-order valence-electron chi connectivity index (χ1n) is 13.9. The van der Waals surface area contributed by atoms with Gasteiger partial charge in [-0.15, -0.1) is 0 Å². The normalized spacial score (nSPS) is 11.1. The van der Waals surface area contributed by atoms with Gasteiger partial charge in [-0.05, 0) is 30.9 Å². The highest BCUT2D eigenvalue weighted by Crippen LogP contribution is 2.13. The number of rotatable bonds is 21. The average molecular weight is 476 g/mol. The zero-order valence-corrected chi connectivity index (χ0v) is 22.1. The highest BCUT2D eigenvalue weighted by molar-refractivity contribution is 5.91. The van der Waals surface area contributed by atoms with E-state index >= 15 is 0 Å². The second kappa shape index (κ2) is 20.5. The number of hydrogen-bond acceptors (Lipinski definition) is 5. The Morgan fingerprint density at radius 2 is 1.09 bits per heavy atom. The van der Waals surface area contributed by atoms with Crippen molar-refractivity contribution >= 4 is 11.9 Å². The Balaban J connectivity index is 2.02. The third-order valence-electron chi connectivity index (χ3n) is 6.08. The summed E-state index contributed by atoms with van der Waals surface area (Å²) < 4.78 is 10.5. The molecule has 5 heteroatoms. The molecule has 0 atom stereocenters. The summed E-state index contributed by atoms with van der Waals surface area (Å²) in [5, 5.41) is 0. The fraction of sp³-hybridized carbons (Fsp3) is 0.759. The molecule has 0 spiro atoms. The van der Waals surface area contributed by atoms with Gasteiger partial charge in [-0.3, -0.25) is 0 Å². The molecule has 0 fully saturated rings. The van der Waals surface area contributed by atoms with Gasteiger partial charge < -0.3 is 9.47 Å². The second-order valence-corrected chi connectivity index (χ2v) is 9.81. The quantitative estimate of drug-likeness (QED) is 0.132. The van der Waals surface area contributed by atoms with Crippen LogP contribution in [0.1, 0.15) is 144 Å². The van der Waals surface area contributed by atoms with E-state index in [0.717, 1.165) is 19.3 Å². The van der Waals surface area contributed by atoms with Gasteiger partial charge in [0.25, 0.3) is 0 Å². The molecule has 1 aromatic heterocycles. The number of aromatic nitrogens is 1. The van der Waals surface area contributed by atoms with Crippen molar-refractivity contribution in [3.63, 3.8) is 0 Å². The summed E-state index contributed by atoms with van der Waals surface area (Å²) in [6.07, 6.45) is 20.3. The van der Waals surface area contributed by atoms with Crippen LogP contribution in [0.3, 0.4) is 0 Å². The summed E-state index contributed by atoms with van der Waals surface area (Å²) in [7, 11) is 0. The smallest absolute Gasteiger partial charge is 0.356 e. The molecule has 0 saturated heterocycles. The molecule has 5 nitrogen and oxygen atoms in total. The predicted octanol–water partition coefficient (Wildman–Crippen LogP) is 8.31. The largest absolute Gasteiger partial charge is 0.461 e. The van der Waals surface area contributed by atoms with Gasteiger partial charge in [0.05, 0.1) is 13.2 Å². The fourth-order valence-electron chi connectivity index (χ4n) is 3.84. The molecule has 0 aliphatic carbocycles. The summed E-state index contributed by atoms with van der Waals surface area (Å²) in [6.45, 7) is 7.15. The lowest BCUT2D eigenvalue weighted by molar-refractivity contribution is 0.0476. The molecule has 0 radical (unpaired) electrons. The minimum Gasteiger partial charge on any atom is -0.461 e. The van der Waals surface area contributed by atoms with Crippen molar-refractivity contribution in [2.75, 3.05) is 13.2 Å². The molecule has 1 rings (SSSR count). The van der Waals surface area contributed by atoms with Crippen LogP contribution in [-0.2, 0) is 9.47 Å². The Kier molecular flexibility index (Phi) is 18.1. The minimum absolute atomic E-state index is 0.144. The van der Waals surface area contributed by atoms with Crippen molar-refractivity contribution in [3.8, 4) is 0 Å². The third kappa shape index (κ3) is 15.8. The number of pyridine rings is 1. The molecule has 1 aromatic rings. The fourth-order valence-corrected chi connectivity index (χ4v) is 3.84. The standard InChI is InChI=1S/C29H49NO4/c1-4-5-6-7-8-9-10-11-12-13-14-15-16-17-18-23-33-28(31)26-20-19-21-27(30-26)29(32)34-24-22-25(2)3/h19-21,25H,4-18,22-24H2,1-3H3. The third-order valence-corrected chi connectivity index (χ3v) is 6.08. The highest BCUT2D eigenvalue weighted by atomic mass is 16.5. The van der Waals surface area contributed by atoms with E-state index in [1.54, 1.807) is 18.2 Å². The van der Waals surface area contributed by atoms with Gasteiger partial charge in [-0.25, -0.2) is 14.6 Å². The van der Waals surface area contributed by atoms with Gasteiger partial charge in [-0.1, -0.05) is 117 Å². The van der Waals surface area contributed by atoms with Crippen molar-refractivity contribution in [3.05, 3.63) is 29.6 Å². The molecule has 0 unspecified atom stereocenters. The number of carbonyl (C=O) groups excluding carboxylic acids is 2. The molecule has 0 aromatic carbocycles. The molecule has 34 heavy (non-hydrogen) atoms. The Hall–Kier alpha value is -1.91. The molecule has 1 heterocycles. The van der Waals surface area contributed by atoms with Crippen molar-refractivity contribution < 1.29 is 19.1 Å². The lowest BCUT2D eigenvalue weighted by Crippen LogP contribution is -2.14. The molecule has 0 aliphatic heterocycles. The Bertz CT molecular complexity index is 659. The Labute approximate surface area is 208 Å². The maximum Gasteiger partial charge on any atom is 0.356 e. The minimum atomic E-state index is -0.502. The van der Waals surface area contributed by atoms with E-state index in [-0.39, 0.29) is 11.4 Å². The molecule has 0 amide bonds. The zero-order chi connectivity index (χ0) is 24.9. The molecule has 0 N–H and O–H groups in total. The average Bonchev–Trinajstić information content (AvgIpc) is 2.83. The van der Waals surface area contributed by atoms with Crippen LogP contribution in [-0.4, -0.2) is 30.1 Å². The molecular formula is C29H49NO4. The van der Waals surface area contributed by atoms with E-state index in [0.29, 0.717) is 19.1 Å². The van der Waals surface area contributed by atoms with Crippen LogP contribution >= 0.6 is 0 Å². The summed E-state index contributed by atoms with van der Waals surface area (Å²) in [4.78, 5) is 28.4. The van der Waals surface area contributed by atoms with E-state index in [2.05, 4.69) is 25.8 Å². The van der Waals surface area contributed by atoms with E-state index in [1.807, 2.05) is 0 Å². The number of ether oxygens (including phenoxy) is 2. The van der Waals surface area contributed by atoms with Gasteiger partial charge in [0.15, 0.2) is 0 Å². The lowest BCUT2D eigenvalue weighted by Gasteiger charge is -2.08. The summed E-state index contributed by atoms with van der Waals surface area (Å²) in [6, 6.07) is 4.76. The van der Waals surface area contributed by atoms with Crippen molar-refractivity contribution in [2.24, 2.45) is 5.92 Å². The molecule has 0 aliphatic rings. The van der Waals surface area contributed by atoms with Crippen LogP contribution in [0.25, 0.3) is 0 Å². The first kappa shape index (κ1) is 30.1. The topological polar surface area (TPSA) is 65.5 Å². The number of nitrogens with zero attached hydrogens (tertiary/aromatic N) is 1. The van der Waals surface area contributed by atoms with Gasteiger partial charge in [-0.2, -0.15) is 0 Å². The molecular weight excluding hydrogens is 426 g/mol. The Morgan fingerprint density at radius 3 is 1.53 bits per heavy atom. The summed E-state index contributed by atoms with van der Waals surface area (Å²) in [5.74, 6) is -0.526. The predicted molar refractivity (Wildman–Crippen MR) is 139 cm³/mol. The van der Waals surface area contributed by atoms with Crippen molar-refractivity contribution in [1.29, 1.82) is 0 Å². The van der Waals surface area contributed by atoms with Gasteiger partial charge in [0, 0.05) is 0 Å². The lowest BCUT2D eigenvalue weighted by atomic mass is 10.0. The van der Waals surface area contributed by atoms with Crippen LogP contribution in [0.15, 0.2) is 18.2 Å². The van der Waals surface area contributed by atoms with Gasteiger partial charge in [0.1, 0.15) is 11.4 Å². The van der Waals surface area contributed by atoms with Crippen molar-refractivity contribution in [1.82, 2.24) is 4.98 Å². The van der Waals surface area contributed by atoms with Crippen LogP contribution in [0.5, 0.6) is 0 Å². The van der Waals surface area contributed by atoms with E-state index in [9.17, 15) is 9.59 Å². The van der Waals surface area contributed by atoms with Crippen molar-refractivity contribution in [2.45, 2.75) is 124 Å². The van der Waals surface area contributed by atoms with E-state index in [4.69, 9.17) is 9.47 Å². The first-order valence-corrected chi connectivity index (χ1v) is 13.9. The van der Waals surface area contributed by atoms with Crippen LogP contribution in [0.2, 0.25) is 0 Å². The highest BCUT2D eigenvalue weighted by Gasteiger charge is 2.14.